The maximum absolute atomic E-state index is 12.5. The number of carbonyl (C=O) groups excluding carboxylic acids is 1. The normalized spacial score (nSPS) is 14.8. The summed E-state index contributed by atoms with van der Waals surface area (Å²) in [5.74, 6) is 0.0485. The van der Waals surface area contributed by atoms with Crippen molar-refractivity contribution in [3.05, 3.63) is 72.2 Å². The molecule has 0 saturated carbocycles. The van der Waals surface area contributed by atoms with Crippen molar-refractivity contribution in [1.82, 2.24) is 14.9 Å². The second-order valence-corrected chi connectivity index (χ2v) is 5.72. The topological polar surface area (TPSA) is 49.0 Å². The lowest BCUT2D eigenvalue weighted by molar-refractivity contribution is 0.0772. The van der Waals surface area contributed by atoms with Crippen molar-refractivity contribution >= 4 is 22.4 Å². The van der Waals surface area contributed by atoms with Crippen LogP contribution < -0.4 is 0 Å². The van der Waals surface area contributed by atoms with E-state index in [-0.39, 0.29) is 5.91 Å². The van der Waals surface area contributed by atoms with Gasteiger partial charge in [0.05, 0.1) is 5.56 Å². The second-order valence-electron chi connectivity index (χ2n) is 5.72. The highest BCUT2D eigenvalue weighted by atomic mass is 16.2. The molecule has 23 heavy (non-hydrogen) atoms. The highest BCUT2D eigenvalue weighted by Gasteiger charge is 2.20. The van der Waals surface area contributed by atoms with E-state index < -0.39 is 0 Å². The van der Waals surface area contributed by atoms with Gasteiger partial charge in [-0.3, -0.25) is 9.78 Å². The monoisotopic (exact) mass is 303 g/mol. The maximum Gasteiger partial charge on any atom is 0.255 e. The minimum absolute atomic E-state index is 0.0485. The maximum atomic E-state index is 12.5. The summed E-state index contributed by atoms with van der Waals surface area (Å²) in [7, 11) is 0. The van der Waals surface area contributed by atoms with Gasteiger partial charge in [-0.25, -0.2) is 0 Å². The van der Waals surface area contributed by atoms with Gasteiger partial charge in [-0.1, -0.05) is 24.3 Å². The Morgan fingerprint density at radius 2 is 2.09 bits per heavy atom. The van der Waals surface area contributed by atoms with Gasteiger partial charge in [0.1, 0.15) is 0 Å². The molecule has 1 N–H and O–H groups in total. The molecular formula is C19H17N3O. The third-order valence-electron chi connectivity index (χ3n) is 4.34. The Balaban J connectivity index is 1.56. The Morgan fingerprint density at radius 1 is 1.17 bits per heavy atom. The van der Waals surface area contributed by atoms with Gasteiger partial charge in [-0.15, -0.1) is 0 Å². The van der Waals surface area contributed by atoms with E-state index in [1.165, 1.54) is 16.5 Å². The smallest absolute Gasteiger partial charge is 0.255 e. The largest absolute Gasteiger partial charge is 0.361 e. The summed E-state index contributed by atoms with van der Waals surface area (Å²) in [6.07, 6.45) is 8.40. The van der Waals surface area contributed by atoms with Crippen molar-refractivity contribution < 1.29 is 4.79 Å². The molecule has 1 aliphatic heterocycles. The zero-order valence-corrected chi connectivity index (χ0v) is 12.7. The lowest BCUT2D eigenvalue weighted by Gasteiger charge is -2.26. The number of hydrogen-bond acceptors (Lipinski definition) is 2. The minimum atomic E-state index is 0.0485. The van der Waals surface area contributed by atoms with Crippen LogP contribution in [0.5, 0.6) is 0 Å². The number of para-hydroxylation sites is 1. The van der Waals surface area contributed by atoms with Crippen molar-refractivity contribution in [2.75, 3.05) is 13.1 Å². The van der Waals surface area contributed by atoms with Crippen LogP contribution >= 0.6 is 0 Å². The first-order valence-electron chi connectivity index (χ1n) is 7.78. The quantitative estimate of drug-likeness (QED) is 0.788. The molecule has 4 nitrogen and oxygen atoms in total. The minimum Gasteiger partial charge on any atom is -0.361 e. The van der Waals surface area contributed by atoms with Crippen LogP contribution in [0.4, 0.5) is 0 Å². The first kappa shape index (κ1) is 13.8. The van der Waals surface area contributed by atoms with Crippen molar-refractivity contribution in [2.24, 2.45) is 0 Å². The molecule has 0 atom stereocenters. The van der Waals surface area contributed by atoms with Crippen molar-refractivity contribution in [3.63, 3.8) is 0 Å². The number of aromatic amines is 1. The number of benzene rings is 1. The fourth-order valence-corrected chi connectivity index (χ4v) is 3.11. The molecular weight excluding hydrogens is 286 g/mol. The fourth-order valence-electron chi connectivity index (χ4n) is 3.11. The van der Waals surface area contributed by atoms with E-state index in [2.05, 4.69) is 40.4 Å². The number of hydrogen-bond donors (Lipinski definition) is 1. The third-order valence-corrected chi connectivity index (χ3v) is 4.34. The van der Waals surface area contributed by atoms with Gasteiger partial charge in [0.25, 0.3) is 5.91 Å². The Hall–Kier alpha value is -2.88. The van der Waals surface area contributed by atoms with Crippen molar-refractivity contribution in [3.8, 4) is 0 Å². The first-order valence-corrected chi connectivity index (χ1v) is 7.78. The number of nitrogens with one attached hydrogen (secondary N) is 1. The van der Waals surface area contributed by atoms with Crippen LogP contribution in [0.2, 0.25) is 0 Å². The number of nitrogens with zero attached hydrogens (tertiary/aromatic N) is 2. The molecule has 2 aromatic heterocycles. The number of H-pyrrole nitrogens is 1. The molecule has 3 aromatic rings. The van der Waals surface area contributed by atoms with Crippen LogP contribution in [-0.2, 0) is 0 Å². The van der Waals surface area contributed by atoms with Crippen molar-refractivity contribution in [1.29, 1.82) is 0 Å². The molecule has 0 aliphatic carbocycles. The van der Waals surface area contributed by atoms with Gasteiger partial charge in [-0.2, -0.15) is 0 Å². The molecule has 4 rings (SSSR count). The number of carbonyl (C=O) groups is 1. The molecule has 1 amide bonds. The zero-order valence-electron chi connectivity index (χ0n) is 12.7. The van der Waals surface area contributed by atoms with E-state index in [4.69, 9.17) is 0 Å². The van der Waals surface area contributed by atoms with Gasteiger partial charge in [-0.05, 0) is 30.2 Å². The molecule has 0 radical (unpaired) electrons. The summed E-state index contributed by atoms with van der Waals surface area (Å²) in [5.41, 5.74) is 4.35. The highest BCUT2D eigenvalue weighted by molar-refractivity contribution is 5.96. The number of pyridine rings is 1. The molecule has 3 heterocycles. The average Bonchev–Trinajstić information content (AvgIpc) is 3.06. The average molecular weight is 303 g/mol. The Morgan fingerprint density at radius 3 is 2.87 bits per heavy atom. The van der Waals surface area contributed by atoms with Gasteiger partial charge < -0.3 is 9.88 Å². The predicted octanol–water partition coefficient (Wildman–Crippen LogP) is 3.49. The van der Waals surface area contributed by atoms with Crippen LogP contribution in [0.1, 0.15) is 22.3 Å². The third kappa shape index (κ3) is 2.52. The number of aromatic nitrogens is 2. The summed E-state index contributed by atoms with van der Waals surface area (Å²) in [6.45, 7) is 1.38. The summed E-state index contributed by atoms with van der Waals surface area (Å²) in [4.78, 5) is 21.7. The lowest BCUT2D eigenvalue weighted by Crippen LogP contribution is -2.34. The van der Waals surface area contributed by atoms with Crippen molar-refractivity contribution in [2.45, 2.75) is 6.42 Å². The first-order chi connectivity index (χ1) is 11.3. The van der Waals surface area contributed by atoms with Crippen LogP contribution in [-0.4, -0.2) is 33.9 Å². The second kappa shape index (κ2) is 5.72. The Bertz CT molecular complexity index is 880. The lowest BCUT2D eigenvalue weighted by atomic mass is 9.98. The summed E-state index contributed by atoms with van der Waals surface area (Å²) in [6, 6.07) is 11.9. The molecule has 1 aromatic carbocycles. The number of rotatable bonds is 2. The zero-order chi connectivity index (χ0) is 15.6. The van der Waals surface area contributed by atoms with E-state index in [1.807, 2.05) is 17.0 Å². The van der Waals surface area contributed by atoms with E-state index >= 15 is 0 Å². The van der Waals surface area contributed by atoms with Crippen LogP contribution in [0.3, 0.4) is 0 Å². The van der Waals surface area contributed by atoms with Gasteiger partial charge in [0.2, 0.25) is 0 Å². The van der Waals surface area contributed by atoms with E-state index in [0.717, 1.165) is 18.5 Å². The summed E-state index contributed by atoms with van der Waals surface area (Å²) >= 11 is 0. The summed E-state index contributed by atoms with van der Waals surface area (Å²) in [5, 5.41) is 1.24. The summed E-state index contributed by atoms with van der Waals surface area (Å²) < 4.78 is 0. The number of amides is 1. The molecule has 0 saturated heterocycles. The van der Waals surface area contributed by atoms with Crippen LogP contribution in [0.15, 0.2) is 61.1 Å². The van der Waals surface area contributed by atoms with E-state index in [0.29, 0.717) is 12.1 Å². The SMILES string of the molecule is O=C(c1cccnc1)N1CC=C(c2c[nH]c3ccccc23)CC1. The van der Waals surface area contributed by atoms with Gasteiger partial charge in [0.15, 0.2) is 0 Å². The van der Waals surface area contributed by atoms with Gasteiger partial charge >= 0.3 is 0 Å². The standard InChI is InChI=1S/C19H17N3O/c23-19(15-4-3-9-20-12-15)22-10-7-14(8-11-22)17-13-21-18-6-2-1-5-16(17)18/h1-7,9,12-13,21H,8,10-11H2. The fraction of sp³-hybridized carbons (Fsp3) is 0.158. The van der Waals surface area contributed by atoms with Gasteiger partial charge in [0, 0.05) is 48.1 Å². The highest BCUT2D eigenvalue weighted by Crippen LogP contribution is 2.29. The predicted molar refractivity (Wildman–Crippen MR) is 91.0 cm³/mol. The molecule has 114 valence electrons. The van der Waals surface area contributed by atoms with E-state index in [1.54, 1.807) is 18.5 Å². The molecule has 0 bridgehead atoms. The van der Waals surface area contributed by atoms with E-state index in [9.17, 15) is 4.79 Å². The molecule has 0 unspecified atom stereocenters. The molecule has 4 heteroatoms. The molecule has 0 fully saturated rings. The molecule has 1 aliphatic rings. The Kier molecular flexibility index (Phi) is 3.42. The Labute approximate surface area is 134 Å². The van der Waals surface area contributed by atoms with Crippen LogP contribution in [0.25, 0.3) is 16.5 Å². The molecule has 0 spiro atoms. The van der Waals surface area contributed by atoms with Crippen LogP contribution in [0, 0.1) is 0 Å². The number of fused-ring (bicyclic) bond motifs is 1.